The Balaban J connectivity index is 2.24. The first-order valence-corrected chi connectivity index (χ1v) is 5.97. The fourth-order valence-corrected chi connectivity index (χ4v) is 1.82. The number of rotatable bonds is 4. The van der Waals surface area contributed by atoms with Crippen molar-refractivity contribution in [1.82, 2.24) is 15.3 Å². The van der Waals surface area contributed by atoms with E-state index in [1.54, 1.807) is 13.1 Å². The molecule has 7 heteroatoms. The molecule has 1 atom stereocenters. The first-order valence-electron chi connectivity index (χ1n) is 5.97. The number of benzene rings is 1. The van der Waals surface area contributed by atoms with Crippen LogP contribution in [0.25, 0.3) is 0 Å². The van der Waals surface area contributed by atoms with Crippen LogP contribution in [0, 0.1) is 17.5 Å². The smallest absolute Gasteiger partial charge is 0.257 e. The van der Waals surface area contributed by atoms with Crippen molar-refractivity contribution in [2.24, 2.45) is 0 Å². The van der Waals surface area contributed by atoms with Gasteiger partial charge in [0.2, 0.25) is 0 Å². The highest BCUT2D eigenvalue weighted by atomic mass is 19.1. The molecule has 1 unspecified atom stereocenters. The molecule has 20 heavy (non-hydrogen) atoms. The standard InChI is InChI=1S/C13H12F3N3O/c1-2-10(12-17-3-4-18-12)19-13(20)11-8(15)5-7(14)6-9(11)16/h3-6,10H,2H2,1H3,(H,17,18)(H,19,20). The summed E-state index contributed by atoms with van der Waals surface area (Å²) in [6.45, 7) is 1.78. The van der Waals surface area contributed by atoms with Crippen molar-refractivity contribution in [3.05, 3.63) is 53.4 Å². The summed E-state index contributed by atoms with van der Waals surface area (Å²) in [7, 11) is 0. The van der Waals surface area contributed by atoms with E-state index in [1.165, 1.54) is 6.20 Å². The first kappa shape index (κ1) is 14.1. The molecular formula is C13H12F3N3O. The zero-order valence-electron chi connectivity index (χ0n) is 10.6. The summed E-state index contributed by atoms with van der Waals surface area (Å²) in [4.78, 5) is 18.7. The van der Waals surface area contributed by atoms with Crippen LogP contribution in [0.15, 0.2) is 24.5 Å². The fraction of sp³-hybridized carbons (Fsp3) is 0.231. The number of nitrogens with zero attached hydrogens (tertiary/aromatic N) is 1. The molecule has 1 amide bonds. The number of hydrogen-bond donors (Lipinski definition) is 2. The Morgan fingerprint density at radius 3 is 2.50 bits per heavy atom. The molecule has 2 rings (SSSR count). The van der Waals surface area contributed by atoms with Gasteiger partial charge in [0.05, 0.1) is 6.04 Å². The number of nitrogens with one attached hydrogen (secondary N) is 2. The second-order valence-corrected chi connectivity index (χ2v) is 4.15. The lowest BCUT2D eigenvalue weighted by molar-refractivity contribution is 0.0925. The first-order chi connectivity index (χ1) is 9.52. The van der Waals surface area contributed by atoms with Crippen LogP contribution in [-0.2, 0) is 0 Å². The topological polar surface area (TPSA) is 57.8 Å². The Morgan fingerprint density at radius 1 is 1.35 bits per heavy atom. The minimum Gasteiger partial charge on any atom is -0.347 e. The van der Waals surface area contributed by atoms with E-state index in [2.05, 4.69) is 15.3 Å². The minimum absolute atomic E-state index is 0.464. The second kappa shape index (κ2) is 5.77. The minimum atomic E-state index is -1.24. The van der Waals surface area contributed by atoms with Gasteiger partial charge in [-0.05, 0) is 6.42 Å². The number of carbonyl (C=O) groups excluding carboxylic acids is 1. The van der Waals surface area contributed by atoms with Crippen LogP contribution in [0.2, 0.25) is 0 Å². The number of hydrogen-bond acceptors (Lipinski definition) is 2. The largest absolute Gasteiger partial charge is 0.347 e. The highest BCUT2D eigenvalue weighted by Crippen LogP contribution is 2.17. The van der Waals surface area contributed by atoms with E-state index in [9.17, 15) is 18.0 Å². The summed E-state index contributed by atoms with van der Waals surface area (Å²) in [5, 5.41) is 2.45. The van der Waals surface area contributed by atoms with Gasteiger partial charge in [-0.2, -0.15) is 0 Å². The Bertz CT molecular complexity index is 590. The number of aromatic amines is 1. The van der Waals surface area contributed by atoms with Gasteiger partial charge in [-0.15, -0.1) is 0 Å². The van der Waals surface area contributed by atoms with Crippen molar-refractivity contribution < 1.29 is 18.0 Å². The van der Waals surface area contributed by atoms with E-state index in [4.69, 9.17) is 0 Å². The average Bonchev–Trinajstić information content (AvgIpc) is 2.88. The van der Waals surface area contributed by atoms with E-state index in [0.717, 1.165) is 0 Å². The molecule has 0 aliphatic heterocycles. The summed E-state index contributed by atoms with van der Waals surface area (Å²) < 4.78 is 39.8. The third-order valence-corrected chi connectivity index (χ3v) is 2.80. The Labute approximate surface area is 113 Å². The Hall–Kier alpha value is -2.31. The molecule has 106 valence electrons. The number of H-pyrrole nitrogens is 1. The van der Waals surface area contributed by atoms with E-state index in [1.807, 2.05) is 0 Å². The van der Waals surface area contributed by atoms with Gasteiger partial charge < -0.3 is 10.3 Å². The lowest BCUT2D eigenvalue weighted by Gasteiger charge is -2.15. The maximum atomic E-state index is 13.5. The molecule has 1 aromatic heterocycles. The Kier molecular flexibility index (Phi) is 4.07. The highest BCUT2D eigenvalue weighted by Gasteiger charge is 2.22. The third kappa shape index (κ3) is 2.81. The molecule has 0 saturated carbocycles. The van der Waals surface area contributed by atoms with Gasteiger partial charge in [0, 0.05) is 24.5 Å². The van der Waals surface area contributed by atoms with E-state index >= 15 is 0 Å². The van der Waals surface area contributed by atoms with Gasteiger partial charge in [-0.3, -0.25) is 4.79 Å². The molecule has 2 aromatic rings. The molecule has 0 fully saturated rings. The molecule has 1 heterocycles. The van der Waals surface area contributed by atoms with Crippen molar-refractivity contribution in [3.8, 4) is 0 Å². The normalized spacial score (nSPS) is 12.2. The molecule has 1 aromatic carbocycles. The van der Waals surface area contributed by atoms with Crippen molar-refractivity contribution >= 4 is 5.91 Å². The van der Waals surface area contributed by atoms with Crippen LogP contribution < -0.4 is 5.32 Å². The predicted octanol–water partition coefficient (Wildman–Crippen LogP) is 2.71. The van der Waals surface area contributed by atoms with Crippen LogP contribution in [0.5, 0.6) is 0 Å². The van der Waals surface area contributed by atoms with E-state index < -0.39 is 35.0 Å². The van der Waals surface area contributed by atoms with Crippen molar-refractivity contribution in [3.63, 3.8) is 0 Å². The molecule has 0 radical (unpaired) electrons. The van der Waals surface area contributed by atoms with Gasteiger partial charge in [-0.25, -0.2) is 18.2 Å². The maximum Gasteiger partial charge on any atom is 0.257 e. The molecule has 0 bridgehead atoms. The number of imidazole rings is 1. The SMILES string of the molecule is CCC(NC(=O)c1c(F)cc(F)cc1F)c1ncc[nH]1. The van der Waals surface area contributed by atoms with Crippen LogP contribution in [-0.4, -0.2) is 15.9 Å². The zero-order chi connectivity index (χ0) is 14.7. The lowest BCUT2D eigenvalue weighted by atomic mass is 10.1. The molecule has 0 aliphatic carbocycles. The summed E-state index contributed by atoms with van der Waals surface area (Å²) in [6, 6.07) is 0.416. The average molecular weight is 283 g/mol. The van der Waals surface area contributed by atoms with Crippen LogP contribution in [0.4, 0.5) is 13.2 Å². The molecule has 2 N–H and O–H groups in total. The predicted molar refractivity (Wildman–Crippen MR) is 65.4 cm³/mol. The number of carbonyl (C=O) groups is 1. The van der Waals surface area contributed by atoms with Crippen LogP contribution in [0.3, 0.4) is 0 Å². The summed E-state index contributed by atoms with van der Waals surface area (Å²) in [5.74, 6) is -4.04. The molecule has 4 nitrogen and oxygen atoms in total. The quantitative estimate of drug-likeness (QED) is 0.906. The van der Waals surface area contributed by atoms with Gasteiger partial charge in [0.15, 0.2) is 0 Å². The Morgan fingerprint density at radius 2 is 2.00 bits per heavy atom. The molecule has 0 spiro atoms. The summed E-state index contributed by atoms with van der Waals surface area (Å²) in [5.41, 5.74) is -0.809. The molecular weight excluding hydrogens is 271 g/mol. The molecule has 0 saturated heterocycles. The van der Waals surface area contributed by atoms with Crippen molar-refractivity contribution in [2.45, 2.75) is 19.4 Å². The maximum absolute atomic E-state index is 13.5. The number of halogens is 3. The lowest BCUT2D eigenvalue weighted by Crippen LogP contribution is -2.30. The van der Waals surface area contributed by atoms with E-state index in [0.29, 0.717) is 24.4 Å². The van der Waals surface area contributed by atoms with E-state index in [-0.39, 0.29) is 0 Å². The van der Waals surface area contributed by atoms with Gasteiger partial charge in [0.25, 0.3) is 5.91 Å². The highest BCUT2D eigenvalue weighted by molar-refractivity contribution is 5.94. The second-order valence-electron chi connectivity index (χ2n) is 4.15. The van der Waals surface area contributed by atoms with Crippen molar-refractivity contribution in [1.29, 1.82) is 0 Å². The summed E-state index contributed by atoms with van der Waals surface area (Å²) >= 11 is 0. The number of aromatic nitrogens is 2. The number of amides is 1. The van der Waals surface area contributed by atoms with Gasteiger partial charge in [-0.1, -0.05) is 6.92 Å². The fourth-order valence-electron chi connectivity index (χ4n) is 1.82. The van der Waals surface area contributed by atoms with Crippen LogP contribution >= 0.6 is 0 Å². The van der Waals surface area contributed by atoms with Gasteiger partial charge >= 0.3 is 0 Å². The van der Waals surface area contributed by atoms with Crippen molar-refractivity contribution in [2.75, 3.05) is 0 Å². The molecule has 0 aliphatic rings. The van der Waals surface area contributed by atoms with Gasteiger partial charge in [0.1, 0.15) is 28.8 Å². The zero-order valence-corrected chi connectivity index (χ0v) is 10.6. The van der Waals surface area contributed by atoms with Crippen LogP contribution in [0.1, 0.15) is 35.6 Å². The monoisotopic (exact) mass is 283 g/mol. The third-order valence-electron chi connectivity index (χ3n) is 2.80. The summed E-state index contributed by atoms with van der Waals surface area (Å²) in [6.07, 6.45) is 3.55.